The van der Waals surface area contributed by atoms with Crippen molar-refractivity contribution in [2.24, 2.45) is 0 Å². The number of hydrogen-bond donors (Lipinski definition) is 1. The predicted molar refractivity (Wildman–Crippen MR) is 56.3 cm³/mol. The van der Waals surface area contributed by atoms with E-state index in [0.29, 0.717) is 17.2 Å². The zero-order chi connectivity index (χ0) is 11.1. The largest absolute Gasteiger partial charge is 0.493 e. The van der Waals surface area contributed by atoms with Crippen LogP contribution in [-0.2, 0) is 4.79 Å². The van der Waals surface area contributed by atoms with Crippen LogP contribution in [0.3, 0.4) is 0 Å². The van der Waals surface area contributed by atoms with Crippen LogP contribution in [0.5, 0.6) is 11.5 Å². The number of amides is 1. The fraction of sp³-hybridized carbons (Fsp3) is 0.364. The van der Waals surface area contributed by atoms with Gasteiger partial charge in [-0.05, 0) is 26.0 Å². The molecule has 0 bridgehead atoms. The maximum atomic E-state index is 11.6. The van der Waals surface area contributed by atoms with E-state index in [1.807, 2.05) is 0 Å². The number of carbonyl (C=O) groups excluding carboxylic acids is 1. The number of para-hydroxylation sites is 1. The summed E-state index contributed by atoms with van der Waals surface area (Å²) in [6.45, 7) is 3.44. The molecule has 0 aromatic heterocycles. The van der Waals surface area contributed by atoms with E-state index in [0.717, 1.165) is 0 Å². The molecule has 0 saturated carbocycles. The van der Waals surface area contributed by atoms with Crippen LogP contribution < -0.4 is 14.8 Å². The lowest BCUT2D eigenvalue weighted by molar-refractivity contribution is -0.129. The van der Waals surface area contributed by atoms with E-state index in [4.69, 9.17) is 9.47 Å². The van der Waals surface area contributed by atoms with E-state index in [-0.39, 0.29) is 5.91 Å². The van der Waals surface area contributed by atoms with Gasteiger partial charge in [0.05, 0.1) is 12.8 Å². The summed E-state index contributed by atoms with van der Waals surface area (Å²) in [6, 6.07) is 5.39. The van der Waals surface area contributed by atoms with Crippen molar-refractivity contribution in [3.63, 3.8) is 0 Å². The van der Waals surface area contributed by atoms with Crippen molar-refractivity contribution < 1.29 is 14.3 Å². The van der Waals surface area contributed by atoms with Crippen molar-refractivity contribution in [1.29, 1.82) is 0 Å². The molecule has 0 spiro atoms. The van der Waals surface area contributed by atoms with Gasteiger partial charge >= 0.3 is 0 Å². The fourth-order valence-corrected chi connectivity index (χ4v) is 1.45. The molecular formula is C11H13NO3. The van der Waals surface area contributed by atoms with Gasteiger partial charge in [0.15, 0.2) is 17.1 Å². The maximum absolute atomic E-state index is 11.6. The Bertz CT molecular complexity index is 412. The Morgan fingerprint density at radius 3 is 2.80 bits per heavy atom. The SMILES string of the molecule is COc1cccc2c1OC(C)(C)C(=O)N2. The molecule has 1 N–H and O–H groups in total. The number of ether oxygens (including phenoxy) is 2. The van der Waals surface area contributed by atoms with Crippen LogP contribution in [0, 0.1) is 0 Å². The molecule has 0 radical (unpaired) electrons. The van der Waals surface area contributed by atoms with E-state index < -0.39 is 5.60 Å². The van der Waals surface area contributed by atoms with Crippen LogP contribution in [0.2, 0.25) is 0 Å². The van der Waals surface area contributed by atoms with Crippen LogP contribution in [0.1, 0.15) is 13.8 Å². The number of anilines is 1. The number of rotatable bonds is 1. The van der Waals surface area contributed by atoms with Crippen molar-refractivity contribution >= 4 is 11.6 Å². The smallest absolute Gasteiger partial charge is 0.268 e. The number of nitrogens with one attached hydrogen (secondary N) is 1. The highest BCUT2D eigenvalue weighted by atomic mass is 16.5. The monoisotopic (exact) mass is 207 g/mol. The van der Waals surface area contributed by atoms with Gasteiger partial charge < -0.3 is 14.8 Å². The molecule has 1 heterocycles. The lowest BCUT2D eigenvalue weighted by Gasteiger charge is -2.32. The van der Waals surface area contributed by atoms with Gasteiger partial charge in [0.25, 0.3) is 5.91 Å². The number of hydrogen-bond acceptors (Lipinski definition) is 3. The Hall–Kier alpha value is -1.71. The van der Waals surface area contributed by atoms with E-state index >= 15 is 0 Å². The standard InChI is InChI=1S/C11H13NO3/c1-11(2)10(13)12-7-5-4-6-8(14-3)9(7)15-11/h4-6H,1-3H3,(H,12,13). The quantitative estimate of drug-likeness (QED) is 0.763. The molecule has 0 fully saturated rings. The van der Waals surface area contributed by atoms with Gasteiger partial charge in [0.1, 0.15) is 0 Å². The average Bonchev–Trinajstić information content (AvgIpc) is 2.18. The average molecular weight is 207 g/mol. The van der Waals surface area contributed by atoms with Crippen molar-refractivity contribution in [3.8, 4) is 11.5 Å². The van der Waals surface area contributed by atoms with Gasteiger partial charge in [0.2, 0.25) is 0 Å². The summed E-state index contributed by atoms with van der Waals surface area (Å²) >= 11 is 0. The highest BCUT2D eigenvalue weighted by Gasteiger charge is 2.36. The minimum absolute atomic E-state index is 0.150. The van der Waals surface area contributed by atoms with Gasteiger partial charge in [-0.2, -0.15) is 0 Å². The first-order chi connectivity index (χ1) is 7.04. The van der Waals surface area contributed by atoms with Crippen LogP contribution >= 0.6 is 0 Å². The van der Waals surface area contributed by atoms with Crippen molar-refractivity contribution in [2.75, 3.05) is 12.4 Å². The summed E-state index contributed by atoms with van der Waals surface area (Å²) in [6.07, 6.45) is 0. The van der Waals surface area contributed by atoms with Crippen molar-refractivity contribution in [2.45, 2.75) is 19.4 Å². The normalized spacial score (nSPS) is 17.4. The second-order valence-electron chi connectivity index (χ2n) is 3.90. The molecule has 1 aliphatic rings. The predicted octanol–water partition coefficient (Wildman–Crippen LogP) is 1.80. The Labute approximate surface area is 88.2 Å². The number of carbonyl (C=O) groups is 1. The highest BCUT2D eigenvalue weighted by Crippen LogP contribution is 2.40. The van der Waals surface area contributed by atoms with Crippen LogP contribution in [-0.4, -0.2) is 18.6 Å². The molecule has 1 aromatic rings. The van der Waals surface area contributed by atoms with Gasteiger partial charge in [0, 0.05) is 0 Å². The first-order valence-electron chi connectivity index (χ1n) is 4.72. The third kappa shape index (κ3) is 1.52. The molecule has 0 saturated heterocycles. The molecule has 1 aromatic carbocycles. The fourth-order valence-electron chi connectivity index (χ4n) is 1.45. The molecule has 0 aliphatic carbocycles. The topological polar surface area (TPSA) is 47.6 Å². The minimum atomic E-state index is -0.859. The first-order valence-corrected chi connectivity index (χ1v) is 4.72. The van der Waals surface area contributed by atoms with Gasteiger partial charge in [-0.15, -0.1) is 0 Å². The Balaban J connectivity index is 2.50. The van der Waals surface area contributed by atoms with Crippen LogP contribution in [0.15, 0.2) is 18.2 Å². The third-order valence-corrected chi connectivity index (χ3v) is 2.35. The summed E-state index contributed by atoms with van der Waals surface area (Å²) < 4.78 is 10.8. The van der Waals surface area contributed by atoms with E-state index in [9.17, 15) is 4.79 Å². The Kier molecular flexibility index (Phi) is 2.07. The molecule has 4 heteroatoms. The summed E-state index contributed by atoms with van der Waals surface area (Å²) in [7, 11) is 1.57. The second kappa shape index (κ2) is 3.15. The van der Waals surface area contributed by atoms with E-state index in [2.05, 4.69) is 5.32 Å². The first kappa shape index (κ1) is 9.83. The third-order valence-electron chi connectivity index (χ3n) is 2.35. The highest BCUT2D eigenvalue weighted by molar-refractivity contribution is 6.00. The molecule has 80 valence electrons. The lowest BCUT2D eigenvalue weighted by atomic mass is 10.1. The molecule has 1 aliphatic heterocycles. The molecule has 0 unspecified atom stereocenters. The number of fused-ring (bicyclic) bond motifs is 1. The zero-order valence-electron chi connectivity index (χ0n) is 8.96. The molecule has 15 heavy (non-hydrogen) atoms. The van der Waals surface area contributed by atoms with Gasteiger partial charge in [-0.1, -0.05) is 6.07 Å². The van der Waals surface area contributed by atoms with Crippen LogP contribution in [0.25, 0.3) is 0 Å². The summed E-state index contributed by atoms with van der Waals surface area (Å²) in [4.78, 5) is 11.6. The lowest BCUT2D eigenvalue weighted by Crippen LogP contribution is -2.45. The second-order valence-corrected chi connectivity index (χ2v) is 3.90. The Morgan fingerprint density at radius 1 is 1.40 bits per heavy atom. The van der Waals surface area contributed by atoms with Crippen molar-refractivity contribution in [1.82, 2.24) is 0 Å². The van der Waals surface area contributed by atoms with E-state index in [1.54, 1.807) is 39.2 Å². The van der Waals surface area contributed by atoms with Crippen molar-refractivity contribution in [3.05, 3.63) is 18.2 Å². The maximum Gasteiger partial charge on any atom is 0.268 e. The van der Waals surface area contributed by atoms with Crippen LogP contribution in [0.4, 0.5) is 5.69 Å². The molecule has 1 amide bonds. The summed E-state index contributed by atoms with van der Waals surface area (Å²) in [5, 5.41) is 2.78. The number of methoxy groups -OCH3 is 1. The molecule has 4 nitrogen and oxygen atoms in total. The molecule has 0 atom stereocenters. The zero-order valence-corrected chi connectivity index (χ0v) is 8.96. The summed E-state index contributed by atoms with van der Waals surface area (Å²) in [5.41, 5.74) is -0.208. The van der Waals surface area contributed by atoms with Gasteiger partial charge in [-0.3, -0.25) is 4.79 Å². The molecular weight excluding hydrogens is 194 g/mol. The van der Waals surface area contributed by atoms with Gasteiger partial charge in [-0.25, -0.2) is 0 Å². The Morgan fingerprint density at radius 2 is 2.13 bits per heavy atom. The van der Waals surface area contributed by atoms with E-state index in [1.165, 1.54) is 0 Å². The minimum Gasteiger partial charge on any atom is -0.493 e. The number of benzene rings is 1. The summed E-state index contributed by atoms with van der Waals surface area (Å²) in [5.74, 6) is 1.06. The molecule has 2 rings (SSSR count).